The minimum atomic E-state index is 0.567. The monoisotopic (exact) mass is 249 g/mol. The SMILES string of the molecule is CCSCCC1CCc2ccccc2C1NC. The molecule has 0 aromatic heterocycles. The zero-order chi connectivity index (χ0) is 12.1. The first-order valence-electron chi connectivity index (χ1n) is 6.69. The first-order chi connectivity index (χ1) is 8.36. The van der Waals surface area contributed by atoms with Gasteiger partial charge in [-0.15, -0.1) is 0 Å². The van der Waals surface area contributed by atoms with Crippen LogP contribution in [0.25, 0.3) is 0 Å². The van der Waals surface area contributed by atoms with E-state index in [9.17, 15) is 0 Å². The van der Waals surface area contributed by atoms with Gasteiger partial charge < -0.3 is 5.32 Å². The van der Waals surface area contributed by atoms with Crippen molar-refractivity contribution in [2.75, 3.05) is 18.6 Å². The molecule has 1 N–H and O–H groups in total. The van der Waals surface area contributed by atoms with Gasteiger partial charge in [-0.3, -0.25) is 0 Å². The predicted octanol–water partition coefficient (Wildman–Crippen LogP) is 3.65. The molecule has 94 valence electrons. The number of thioether (sulfide) groups is 1. The second kappa shape index (κ2) is 6.46. The fourth-order valence-electron chi connectivity index (χ4n) is 2.91. The van der Waals surface area contributed by atoms with Crippen molar-refractivity contribution in [3.63, 3.8) is 0 Å². The Hall–Kier alpha value is -0.470. The molecule has 0 fully saturated rings. The number of rotatable bonds is 5. The van der Waals surface area contributed by atoms with Gasteiger partial charge in [-0.1, -0.05) is 31.2 Å². The standard InChI is InChI=1S/C15H23NS/c1-3-17-11-10-13-9-8-12-6-4-5-7-14(12)15(13)16-2/h4-7,13,15-16H,3,8-11H2,1-2H3. The Bertz CT molecular complexity index is 351. The van der Waals surface area contributed by atoms with Gasteiger partial charge in [0.1, 0.15) is 0 Å². The first kappa shape index (κ1) is 13.0. The van der Waals surface area contributed by atoms with E-state index in [4.69, 9.17) is 0 Å². The molecule has 2 rings (SSSR count). The van der Waals surface area contributed by atoms with Crippen molar-refractivity contribution in [3.8, 4) is 0 Å². The van der Waals surface area contributed by atoms with Crippen molar-refractivity contribution in [2.45, 2.75) is 32.2 Å². The highest BCUT2D eigenvalue weighted by molar-refractivity contribution is 7.99. The van der Waals surface area contributed by atoms with Crippen molar-refractivity contribution >= 4 is 11.8 Å². The molecule has 2 heteroatoms. The maximum Gasteiger partial charge on any atom is 0.0349 e. The van der Waals surface area contributed by atoms with E-state index in [-0.39, 0.29) is 0 Å². The smallest absolute Gasteiger partial charge is 0.0349 e. The lowest BCUT2D eigenvalue weighted by Gasteiger charge is -2.33. The van der Waals surface area contributed by atoms with Crippen LogP contribution < -0.4 is 5.32 Å². The molecular weight excluding hydrogens is 226 g/mol. The van der Waals surface area contributed by atoms with Crippen LogP contribution in [0.5, 0.6) is 0 Å². The van der Waals surface area contributed by atoms with Gasteiger partial charge in [0.15, 0.2) is 0 Å². The zero-order valence-corrected chi connectivity index (χ0v) is 11.7. The fraction of sp³-hybridized carbons (Fsp3) is 0.600. The number of fused-ring (bicyclic) bond motifs is 1. The summed E-state index contributed by atoms with van der Waals surface area (Å²) in [6.07, 6.45) is 3.95. The van der Waals surface area contributed by atoms with Crippen LogP contribution in [0.1, 0.15) is 36.9 Å². The summed E-state index contributed by atoms with van der Waals surface area (Å²) in [6.45, 7) is 2.25. The number of hydrogen-bond donors (Lipinski definition) is 1. The lowest BCUT2D eigenvalue weighted by Crippen LogP contribution is -2.30. The summed E-state index contributed by atoms with van der Waals surface area (Å²) in [5, 5.41) is 3.53. The van der Waals surface area contributed by atoms with Crippen LogP contribution in [-0.2, 0) is 6.42 Å². The van der Waals surface area contributed by atoms with Crippen LogP contribution in [0.2, 0.25) is 0 Å². The summed E-state index contributed by atoms with van der Waals surface area (Å²) >= 11 is 2.07. The van der Waals surface area contributed by atoms with Gasteiger partial charge in [0.2, 0.25) is 0 Å². The molecule has 0 saturated carbocycles. The highest BCUT2D eigenvalue weighted by atomic mass is 32.2. The lowest BCUT2D eigenvalue weighted by atomic mass is 9.78. The second-order valence-corrected chi connectivity index (χ2v) is 6.14. The highest BCUT2D eigenvalue weighted by Gasteiger charge is 2.27. The fourth-order valence-corrected chi connectivity index (χ4v) is 3.67. The van der Waals surface area contributed by atoms with E-state index >= 15 is 0 Å². The Labute approximate surface area is 109 Å². The molecular formula is C15H23NS. The van der Waals surface area contributed by atoms with E-state index in [1.165, 1.54) is 36.3 Å². The van der Waals surface area contributed by atoms with Crippen LogP contribution >= 0.6 is 11.8 Å². The summed E-state index contributed by atoms with van der Waals surface area (Å²) in [6, 6.07) is 9.50. The zero-order valence-electron chi connectivity index (χ0n) is 10.9. The van der Waals surface area contributed by atoms with Crippen molar-refractivity contribution < 1.29 is 0 Å². The molecule has 0 radical (unpaired) electrons. The number of nitrogens with one attached hydrogen (secondary N) is 1. The van der Waals surface area contributed by atoms with Gasteiger partial charge in [-0.25, -0.2) is 0 Å². The Morgan fingerprint density at radius 2 is 2.18 bits per heavy atom. The molecule has 0 amide bonds. The van der Waals surface area contributed by atoms with E-state index in [0.29, 0.717) is 6.04 Å². The lowest BCUT2D eigenvalue weighted by molar-refractivity contribution is 0.329. The van der Waals surface area contributed by atoms with E-state index in [1.54, 1.807) is 5.56 Å². The quantitative estimate of drug-likeness (QED) is 0.799. The third-order valence-corrected chi connectivity index (χ3v) is 4.73. The minimum Gasteiger partial charge on any atom is -0.313 e. The van der Waals surface area contributed by atoms with Crippen molar-refractivity contribution in [1.29, 1.82) is 0 Å². The molecule has 0 saturated heterocycles. The highest BCUT2D eigenvalue weighted by Crippen LogP contribution is 2.36. The molecule has 0 heterocycles. The summed E-state index contributed by atoms with van der Waals surface area (Å²) in [7, 11) is 2.10. The van der Waals surface area contributed by atoms with Crippen molar-refractivity contribution in [1.82, 2.24) is 5.32 Å². The molecule has 1 aliphatic carbocycles. The maximum atomic E-state index is 3.53. The van der Waals surface area contributed by atoms with Gasteiger partial charge in [0.25, 0.3) is 0 Å². The largest absolute Gasteiger partial charge is 0.313 e. The van der Waals surface area contributed by atoms with Gasteiger partial charge >= 0.3 is 0 Å². The normalized spacial score (nSPS) is 23.4. The van der Waals surface area contributed by atoms with Crippen LogP contribution in [0.4, 0.5) is 0 Å². The van der Waals surface area contributed by atoms with E-state index in [0.717, 1.165) is 5.92 Å². The third kappa shape index (κ3) is 3.05. The summed E-state index contributed by atoms with van der Waals surface area (Å²) in [4.78, 5) is 0. The van der Waals surface area contributed by atoms with Crippen LogP contribution in [0.15, 0.2) is 24.3 Å². The van der Waals surface area contributed by atoms with Gasteiger partial charge in [-0.05, 0) is 54.9 Å². The predicted molar refractivity (Wildman–Crippen MR) is 77.7 cm³/mol. The molecule has 2 unspecified atom stereocenters. The maximum absolute atomic E-state index is 3.53. The topological polar surface area (TPSA) is 12.0 Å². The van der Waals surface area contributed by atoms with Crippen LogP contribution in [-0.4, -0.2) is 18.6 Å². The molecule has 0 bridgehead atoms. The van der Waals surface area contributed by atoms with E-state index in [1.807, 2.05) is 0 Å². The molecule has 1 aromatic rings. The average Bonchev–Trinajstić information content (AvgIpc) is 2.38. The molecule has 1 aromatic carbocycles. The minimum absolute atomic E-state index is 0.567. The molecule has 0 spiro atoms. The van der Waals surface area contributed by atoms with Crippen molar-refractivity contribution in [3.05, 3.63) is 35.4 Å². The summed E-state index contributed by atoms with van der Waals surface area (Å²) < 4.78 is 0. The van der Waals surface area contributed by atoms with Gasteiger partial charge in [0, 0.05) is 6.04 Å². The van der Waals surface area contributed by atoms with Gasteiger partial charge in [-0.2, -0.15) is 11.8 Å². The number of aryl methyl sites for hydroxylation is 1. The Morgan fingerprint density at radius 3 is 2.94 bits per heavy atom. The van der Waals surface area contributed by atoms with E-state index in [2.05, 4.69) is 55.3 Å². The second-order valence-electron chi connectivity index (χ2n) is 4.75. The van der Waals surface area contributed by atoms with Crippen LogP contribution in [0, 0.1) is 5.92 Å². The Kier molecular flexibility index (Phi) is 4.93. The van der Waals surface area contributed by atoms with Crippen molar-refractivity contribution in [2.24, 2.45) is 5.92 Å². The molecule has 2 atom stereocenters. The molecule has 1 nitrogen and oxygen atoms in total. The summed E-state index contributed by atoms with van der Waals surface area (Å²) in [5.41, 5.74) is 3.08. The van der Waals surface area contributed by atoms with E-state index < -0.39 is 0 Å². The number of benzene rings is 1. The average molecular weight is 249 g/mol. The molecule has 1 aliphatic rings. The molecule has 0 aliphatic heterocycles. The first-order valence-corrected chi connectivity index (χ1v) is 7.85. The number of hydrogen-bond acceptors (Lipinski definition) is 2. The van der Waals surface area contributed by atoms with Gasteiger partial charge in [0.05, 0.1) is 0 Å². The Balaban J connectivity index is 2.06. The molecule has 17 heavy (non-hydrogen) atoms. The Morgan fingerprint density at radius 1 is 1.35 bits per heavy atom. The third-order valence-electron chi connectivity index (χ3n) is 3.79. The summed E-state index contributed by atoms with van der Waals surface area (Å²) in [5.74, 6) is 3.36. The van der Waals surface area contributed by atoms with Crippen LogP contribution in [0.3, 0.4) is 0 Å².